The second-order valence-electron chi connectivity index (χ2n) is 4.86. The van der Waals surface area contributed by atoms with Crippen LogP contribution >= 0.6 is 43.5 Å². The van der Waals surface area contributed by atoms with E-state index >= 15 is 0 Å². The van der Waals surface area contributed by atoms with Crippen LogP contribution in [-0.4, -0.2) is 35.0 Å². The molecular weight excluding hydrogens is 435 g/mol. The van der Waals surface area contributed by atoms with Gasteiger partial charge < -0.3 is 9.64 Å². The molecule has 2 heterocycles. The molecule has 0 aliphatic carbocycles. The van der Waals surface area contributed by atoms with Gasteiger partial charge in [-0.1, -0.05) is 27.5 Å². The number of ether oxygens (including phenoxy) is 1. The third-order valence-corrected chi connectivity index (χ3v) is 4.72. The average Bonchev–Trinajstić information content (AvgIpc) is 2.46. The van der Waals surface area contributed by atoms with E-state index in [1.165, 1.54) is 0 Å². The Labute approximate surface area is 149 Å². The molecule has 1 aromatic heterocycles. The third kappa shape index (κ3) is 3.29. The maximum Gasteiger partial charge on any atom is 0.255 e. The van der Waals surface area contributed by atoms with E-state index in [-0.39, 0.29) is 12.0 Å². The van der Waals surface area contributed by atoms with Crippen molar-refractivity contribution in [2.24, 2.45) is 0 Å². The number of carbonyl (C=O) groups excluding carboxylic acids is 1. The fourth-order valence-electron chi connectivity index (χ4n) is 2.13. The van der Waals surface area contributed by atoms with Gasteiger partial charge in [0.05, 0.1) is 28.1 Å². The summed E-state index contributed by atoms with van der Waals surface area (Å²) in [5, 5.41) is 0.449. The van der Waals surface area contributed by atoms with Crippen molar-refractivity contribution in [2.45, 2.75) is 6.10 Å². The summed E-state index contributed by atoms with van der Waals surface area (Å²) in [5.41, 5.74) is 0.494. The number of benzene rings is 1. The van der Waals surface area contributed by atoms with Gasteiger partial charge in [0.1, 0.15) is 6.10 Å². The number of amides is 1. The largest absolute Gasteiger partial charge is 0.470 e. The quantitative estimate of drug-likeness (QED) is 0.711. The van der Waals surface area contributed by atoms with Gasteiger partial charge in [0, 0.05) is 10.7 Å². The van der Waals surface area contributed by atoms with Crippen molar-refractivity contribution in [1.29, 1.82) is 0 Å². The number of aromatic nitrogens is 1. The van der Waals surface area contributed by atoms with Crippen LogP contribution in [0.5, 0.6) is 5.88 Å². The van der Waals surface area contributed by atoms with Crippen molar-refractivity contribution in [3.63, 3.8) is 0 Å². The number of nitrogens with zero attached hydrogens (tertiary/aromatic N) is 2. The minimum absolute atomic E-state index is 0.0546. The van der Waals surface area contributed by atoms with Crippen LogP contribution in [0.1, 0.15) is 10.4 Å². The summed E-state index contributed by atoms with van der Waals surface area (Å²) >= 11 is 12.8. The number of rotatable bonds is 3. The molecule has 0 N–H and O–H groups in total. The fraction of sp³-hybridized carbons (Fsp3) is 0.200. The van der Waals surface area contributed by atoms with Gasteiger partial charge in [-0.05, 0) is 46.3 Å². The zero-order valence-electron chi connectivity index (χ0n) is 11.3. The molecule has 0 radical (unpaired) electrons. The van der Waals surface area contributed by atoms with Gasteiger partial charge in [0.15, 0.2) is 0 Å². The zero-order chi connectivity index (χ0) is 15.7. The van der Waals surface area contributed by atoms with Crippen molar-refractivity contribution < 1.29 is 9.53 Å². The van der Waals surface area contributed by atoms with E-state index in [1.807, 2.05) is 12.1 Å². The summed E-state index contributed by atoms with van der Waals surface area (Å²) in [6.07, 6.45) is 1.62. The van der Waals surface area contributed by atoms with Crippen molar-refractivity contribution in [3.8, 4) is 5.88 Å². The molecule has 1 amide bonds. The lowest BCUT2D eigenvalue weighted by atomic mass is 10.1. The van der Waals surface area contributed by atoms with E-state index in [4.69, 9.17) is 16.3 Å². The molecular formula is C15H11Br2ClN2O2. The highest BCUT2D eigenvalue weighted by Gasteiger charge is 2.34. The first-order valence-corrected chi connectivity index (χ1v) is 8.52. The van der Waals surface area contributed by atoms with Crippen LogP contribution in [-0.2, 0) is 0 Å². The Balaban J connectivity index is 1.62. The van der Waals surface area contributed by atoms with E-state index in [0.29, 0.717) is 29.6 Å². The van der Waals surface area contributed by atoms with Gasteiger partial charge >= 0.3 is 0 Å². The van der Waals surface area contributed by atoms with Gasteiger partial charge in [-0.15, -0.1) is 0 Å². The Bertz CT molecular complexity index is 720. The molecule has 1 aliphatic rings. The standard InChI is InChI=1S/C15H11Br2ClN2O2/c16-9-3-4-13(18)11(6-9)15(21)20-7-10(8-20)22-14-12(17)2-1-5-19-14/h1-6,10H,7-8H2. The first-order valence-electron chi connectivity index (χ1n) is 6.56. The van der Waals surface area contributed by atoms with Crippen LogP contribution < -0.4 is 4.74 Å². The van der Waals surface area contributed by atoms with E-state index in [2.05, 4.69) is 36.8 Å². The predicted octanol–water partition coefficient (Wildman–Crippen LogP) is 4.16. The van der Waals surface area contributed by atoms with Gasteiger partial charge in [0.2, 0.25) is 5.88 Å². The highest BCUT2D eigenvalue weighted by molar-refractivity contribution is 9.10. The average molecular weight is 447 g/mol. The molecule has 0 spiro atoms. The van der Waals surface area contributed by atoms with E-state index < -0.39 is 0 Å². The molecule has 4 nitrogen and oxygen atoms in total. The van der Waals surface area contributed by atoms with Crippen molar-refractivity contribution in [3.05, 3.63) is 56.1 Å². The van der Waals surface area contributed by atoms with E-state index in [0.717, 1.165) is 8.95 Å². The summed E-state index contributed by atoms with van der Waals surface area (Å²) in [7, 11) is 0. The number of carbonyl (C=O) groups is 1. The molecule has 114 valence electrons. The van der Waals surface area contributed by atoms with Crippen LogP contribution in [0.4, 0.5) is 0 Å². The lowest BCUT2D eigenvalue weighted by molar-refractivity contribution is 0.0157. The third-order valence-electron chi connectivity index (χ3n) is 3.30. The molecule has 0 saturated carbocycles. The molecule has 22 heavy (non-hydrogen) atoms. The maximum atomic E-state index is 12.4. The highest BCUT2D eigenvalue weighted by Crippen LogP contribution is 2.27. The molecule has 0 unspecified atom stereocenters. The molecule has 2 aromatic rings. The summed E-state index contributed by atoms with van der Waals surface area (Å²) in [5.74, 6) is 0.450. The van der Waals surface area contributed by atoms with Crippen LogP contribution in [0, 0.1) is 0 Å². The number of halogens is 3. The minimum Gasteiger partial charge on any atom is -0.470 e. The molecule has 1 saturated heterocycles. The van der Waals surface area contributed by atoms with Crippen molar-refractivity contribution in [1.82, 2.24) is 9.88 Å². The van der Waals surface area contributed by atoms with Gasteiger partial charge in [-0.2, -0.15) is 0 Å². The Morgan fingerprint density at radius 3 is 2.82 bits per heavy atom. The van der Waals surface area contributed by atoms with Crippen LogP contribution in [0.25, 0.3) is 0 Å². The highest BCUT2D eigenvalue weighted by atomic mass is 79.9. The smallest absolute Gasteiger partial charge is 0.255 e. The molecule has 1 fully saturated rings. The summed E-state index contributed by atoms with van der Waals surface area (Å²) < 4.78 is 7.38. The fourth-order valence-corrected chi connectivity index (χ4v) is 3.03. The minimum atomic E-state index is -0.0914. The van der Waals surface area contributed by atoms with E-state index in [9.17, 15) is 4.79 Å². The monoisotopic (exact) mass is 444 g/mol. The Morgan fingerprint density at radius 1 is 1.32 bits per heavy atom. The SMILES string of the molecule is O=C(c1cc(Br)ccc1Cl)N1CC(Oc2ncccc2Br)C1. The van der Waals surface area contributed by atoms with Crippen molar-refractivity contribution in [2.75, 3.05) is 13.1 Å². The van der Waals surface area contributed by atoms with Gasteiger partial charge in [0.25, 0.3) is 5.91 Å². The second kappa shape index (κ2) is 6.56. The Kier molecular flexibility index (Phi) is 4.70. The lowest BCUT2D eigenvalue weighted by Gasteiger charge is -2.38. The summed E-state index contributed by atoms with van der Waals surface area (Å²) in [4.78, 5) is 18.3. The van der Waals surface area contributed by atoms with Crippen LogP contribution in [0.3, 0.4) is 0 Å². The zero-order valence-corrected chi connectivity index (χ0v) is 15.2. The Morgan fingerprint density at radius 2 is 2.09 bits per heavy atom. The molecule has 1 aliphatic heterocycles. The summed E-state index contributed by atoms with van der Waals surface area (Å²) in [6, 6.07) is 8.93. The van der Waals surface area contributed by atoms with E-state index in [1.54, 1.807) is 29.3 Å². The summed E-state index contributed by atoms with van der Waals surface area (Å²) in [6.45, 7) is 1.04. The van der Waals surface area contributed by atoms with Crippen molar-refractivity contribution >= 4 is 49.4 Å². The van der Waals surface area contributed by atoms with Gasteiger partial charge in [-0.3, -0.25) is 4.79 Å². The molecule has 3 rings (SSSR count). The van der Waals surface area contributed by atoms with Gasteiger partial charge in [-0.25, -0.2) is 4.98 Å². The number of likely N-dealkylation sites (tertiary alicyclic amines) is 1. The molecule has 1 aromatic carbocycles. The normalized spacial score (nSPS) is 14.6. The first kappa shape index (κ1) is 15.8. The molecule has 7 heteroatoms. The lowest BCUT2D eigenvalue weighted by Crippen LogP contribution is -2.56. The molecule has 0 bridgehead atoms. The second-order valence-corrected chi connectivity index (χ2v) is 7.04. The number of pyridine rings is 1. The topological polar surface area (TPSA) is 42.4 Å². The molecule has 0 atom stereocenters. The van der Waals surface area contributed by atoms with Crippen LogP contribution in [0.2, 0.25) is 5.02 Å². The predicted molar refractivity (Wildman–Crippen MR) is 91.4 cm³/mol. The van der Waals surface area contributed by atoms with Crippen LogP contribution in [0.15, 0.2) is 45.5 Å². The first-order chi connectivity index (χ1) is 10.5. The maximum absolute atomic E-state index is 12.4. The number of hydrogen-bond donors (Lipinski definition) is 0. The Hall–Kier alpha value is -1.11. The number of hydrogen-bond acceptors (Lipinski definition) is 3.